The Bertz CT molecular complexity index is 1110. The standard InChI is InChI=1S/C22H20FN3O4S/c23-16-5-2-1-4-15(16)21-24-25-22(30-21)31-13-20(27)26-9-3-6-17(26)14-7-8-18-19(12-14)29-11-10-28-18/h1-2,4-5,7-8,12,17H,3,6,9-11,13H2. The SMILES string of the molecule is O=C(CSc1nnc(-c2ccccc2F)o1)N1CCCC1c1ccc2c(c1)OCCO2. The van der Waals surface area contributed by atoms with Crippen LogP contribution in [0, 0.1) is 5.82 Å². The minimum atomic E-state index is -0.432. The lowest BCUT2D eigenvalue weighted by Gasteiger charge is -2.26. The van der Waals surface area contributed by atoms with Crippen molar-refractivity contribution in [1.82, 2.24) is 15.1 Å². The molecule has 0 aliphatic carbocycles. The molecule has 0 bridgehead atoms. The highest BCUT2D eigenvalue weighted by Crippen LogP contribution is 2.38. The fourth-order valence-corrected chi connectivity index (χ4v) is 4.55. The quantitative estimate of drug-likeness (QED) is 0.552. The molecule has 2 aliphatic rings. The normalized spacial score (nSPS) is 17.7. The molecule has 3 heterocycles. The second-order valence-electron chi connectivity index (χ2n) is 7.29. The average Bonchev–Trinajstić information content (AvgIpc) is 3.47. The Labute approximate surface area is 182 Å². The summed E-state index contributed by atoms with van der Waals surface area (Å²) >= 11 is 1.16. The van der Waals surface area contributed by atoms with Gasteiger partial charge in [0.05, 0.1) is 17.4 Å². The number of carbonyl (C=O) groups excluding carboxylic acids is 1. The number of likely N-dealkylation sites (tertiary alicyclic amines) is 1. The predicted octanol–water partition coefficient (Wildman–Crippen LogP) is 4.10. The van der Waals surface area contributed by atoms with E-state index in [-0.39, 0.29) is 34.4 Å². The van der Waals surface area contributed by atoms with E-state index < -0.39 is 5.82 Å². The van der Waals surface area contributed by atoms with Crippen molar-refractivity contribution < 1.29 is 23.1 Å². The van der Waals surface area contributed by atoms with Gasteiger partial charge in [-0.2, -0.15) is 0 Å². The number of rotatable bonds is 5. The molecule has 5 rings (SSSR count). The minimum absolute atomic E-state index is 0.000544. The van der Waals surface area contributed by atoms with Gasteiger partial charge in [0.15, 0.2) is 11.5 Å². The number of carbonyl (C=O) groups is 1. The zero-order valence-electron chi connectivity index (χ0n) is 16.6. The van der Waals surface area contributed by atoms with E-state index in [1.165, 1.54) is 6.07 Å². The topological polar surface area (TPSA) is 77.7 Å². The number of amides is 1. The first-order chi connectivity index (χ1) is 15.2. The molecular formula is C22H20FN3O4S. The Kier molecular flexibility index (Phi) is 5.50. The van der Waals surface area contributed by atoms with Crippen molar-refractivity contribution in [2.45, 2.75) is 24.1 Å². The highest BCUT2D eigenvalue weighted by Gasteiger charge is 2.31. The van der Waals surface area contributed by atoms with E-state index in [0.717, 1.165) is 41.7 Å². The molecule has 0 N–H and O–H groups in total. The molecule has 0 spiro atoms. The van der Waals surface area contributed by atoms with Crippen LogP contribution in [0.1, 0.15) is 24.4 Å². The minimum Gasteiger partial charge on any atom is -0.486 e. The number of nitrogens with zero attached hydrogens (tertiary/aromatic N) is 3. The molecule has 1 aromatic heterocycles. The van der Waals surface area contributed by atoms with Crippen LogP contribution in [-0.4, -0.2) is 46.5 Å². The van der Waals surface area contributed by atoms with Crippen LogP contribution in [-0.2, 0) is 4.79 Å². The highest BCUT2D eigenvalue weighted by molar-refractivity contribution is 7.99. The van der Waals surface area contributed by atoms with Crippen LogP contribution < -0.4 is 9.47 Å². The van der Waals surface area contributed by atoms with Gasteiger partial charge >= 0.3 is 0 Å². The fraction of sp³-hybridized carbons (Fsp3) is 0.318. The van der Waals surface area contributed by atoms with Crippen LogP contribution in [0.2, 0.25) is 0 Å². The van der Waals surface area contributed by atoms with Crippen LogP contribution in [0.3, 0.4) is 0 Å². The molecule has 0 radical (unpaired) electrons. The summed E-state index contributed by atoms with van der Waals surface area (Å²) in [4.78, 5) is 14.8. The van der Waals surface area contributed by atoms with Crippen LogP contribution in [0.5, 0.6) is 11.5 Å². The van der Waals surface area contributed by atoms with E-state index >= 15 is 0 Å². The molecular weight excluding hydrogens is 421 g/mol. The number of benzene rings is 2. The van der Waals surface area contributed by atoms with Crippen molar-refractivity contribution in [3.63, 3.8) is 0 Å². The Morgan fingerprint density at radius 2 is 1.97 bits per heavy atom. The lowest BCUT2D eigenvalue weighted by molar-refractivity contribution is -0.129. The van der Waals surface area contributed by atoms with Crippen LogP contribution in [0.25, 0.3) is 11.5 Å². The molecule has 2 aromatic carbocycles. The second-order valence-corrected chi connectivity index (χ2v) is 8.22. The summed E-state index contributed by atoms with van der Waals surface area (Å²) < 4.78 is 30.7. The lowest BCUT2D eigenvalue weighted by atomic mass is 10.0. The summed E-state index contributed by atoms with van der Waals surface area (Å²) in [5.41, 5.74) is 1.28. The van der Waals surface area contributed by atoms with Crippen molar-refractivity contribution in [3.05, 3.63) is 53.8 Å². The fourth-order valence-electron chi connectivity index (χ4n) is 3.90. The Morgan fingerprint density at radius 1 is 1.13 bits per heavy atom. The Hall–Kier alpha value is -3.07. The van der Waals surface area contributed by atoms with E-state index in [1.54, 1.807) is 18.2 Å². The largest absolute Gasteiger partial charge is 0.486 e. The third-order valence-electron chi connectivity index (χ3n) is 5.35. The van der Waals surface area contributed by atoms with Crippen molar-refractivity contribution in [2.24, 2.45) is 0 Å². The van der Waals surface area contributed by atoms with Crippen molar-refractivity contribution >= 4 is 17.7 Å². The zero-order valence-corrected chi connectivity index (χ0v) is 17.4. The molecule has 1 fully saturated rings. The number of hydrogen-bond donors (Lipinski definition) is 0. The van der Waals surface area contributed by atoms with Gasteiger partial charge in [-0.05, 0) is 42.7 Å². The maximum atomic E-state index is 13.9. The molecule has 2 aliphatic heterocycles. The lowest BCUT2D eigenvalue weighted by Crippen LogP contribution is -2.32. The van der Waals surface area contributed by atoms with Gasteiger partial charge in [-0.3, -0.25) is 4.79 Å². The molecule has 1 atom stereocenters. The van der Waals surface area contributed by atoms with Gasteiger partial charge < -0.3 is 18.8 Å². The maximum absolute atomic E-state index is 13.9. The van der Waals surface area contributed by atoms with Crippen molar-refractivity contribution in [1.29, 1.82) is 0 Å². The van der Waals surface area contributed by atoms with E-state index in [0.29, 0.717) is 19.8 Å². The summed E-state index contributed by atoms with van der Waals surface area (Å²) in [6, 6.07) is 12.1. The van der Waals surface area contributed by atoms with E-state index in [2.05, 4.69) is 10.2 Å². The molecule has 1 unspecified atom stereocenters. The van der Waals surface area contributed by atoms with Gasteiger partial charge in [-0.15, -0.1) is 10.2 Å². The number of fused-ring (bicyclic) bond motifs is 1. The summed E-state index contributed by atoms with van der Waals surface area (Å²) in [5.74, 6) is 1.29. The van der Waals surface area contributed by atoms with Crippen LogP contribution >= 0.6 is 11.8 Å². The number of halogens is 1. The molecule has 160 valence electrons. The first-order valence-electron chi connectivity index (χ1n) is 10.1. The molecule has 1 saturated heterocycles. The third kappa shape index (κ3) is 4.10. The molecule has 0 saturated carbocycles. The van der Waals surface area contributed by atoms with Gasteiger partial charge in [-0.1, -0.05) is 30.0 Å². The third-order valence-corrected chi connectivity index (χ3v) is 6.16. The zero-order chi connectivity index (χ0) is 21.2. The molecule has 31 heavy (non-hydrogen) atoms. The predicted molar refractivity (Wildman–Crippen MR) is 112 cm³/mol. The monoisotopic (exact) mass is 441 g/mol. The van der Waals surface area contributed by atoms with Gasteiger partial charge in [0.25, 0.3) is 11.1 Å². The molecule has 1 amide bonds. The Morgan fingerprint density at radius 3 is 2.84 bits per heavy atom. The van der Waals surface area contributed by atoms with Gasteiger partial charge in [0, 0.05) is 6.54 Å². The molecule has 7 nitrogen and oxygen atoms in total. The number of hydrogen-bond acceptors (Lipinski definition) is 7. The highest BCUT2D eigenvalue weighted by atomic mass is 32.2. The van der Waals surface area contributed by atoms with E-state index in [1.807, 2.05) is 23.1 Å². The van der Waals surface area contributed by atoms with Crippen molar-refractivity contribution in [3.8, 4) is 23.0 Å². The summed E-state index contributed by atoms with van der Waals surface area (Å²) in [7, 11) is 0. The summed E-state index contributed by atoms with van der Waals surface area (Å²) in [6.45, 7) is 1.77. The Balaban J connectivity index is 1.25. The first kappa shape index (κ1) is 19.9. The van der Waals surface area contributed by atoms with Crippen LogP contribution in [0.15, 0.2) is 52.1 Å². The molecule has 3 aromatic rings. The number of thioether (sulfide) groups is 1. The number of aromatic nitrogens is 2. The van der Waals surface area contributed by atoms with Crippen molar-refractivity contribution in [2.75, 3.05) is 25.5 Å². The average molecular weight is 441 g/mol. The van der Waals surface area contributed by atoms with Crippen LogP contribution in [0.4, 0.5) is 4.39 Å². The number of ether oxygens (including phenoxy) is 2. The molecule has 9 heteroatoms. The second kappa shape index (κ2) is 8.58. The van der Waals surface area contributed by atoms with Gasteiger partial charge in [0.1, 0.15) is 19.0 Å². The summed E-state index contributed by atoms with van der Waals surface area (Å²) in [6.07, 6.45) is 1.83. The van der Waals surface area contributed by atoms with E-state index in [9.17, 15) is 9.18 Å². The van der Waals surface area contributed by atoms with Gasteiger partial charge in [-0.25, -0.2) is 4.39 Å². The first-order valence-corrected chi connectivity index (χ1v) is 11.1. The van der Waals surface area contributed by atoms with E-state index in [4.69, 9.17) is 13.9 Å². The summed E-state index contributed by atoms with van der Waals surface area (Å²) in [5, 5.41) is 8.07. The maximum Gasteiger partial charge on any atom is 0.277 e. The smallest absolute Gasteiger partial charge is 0.277 e. The van der Waals surface area contributed by atoms with Gasteiger partial charge in [0.2, 0.25) is 5.91 Å².